The van der Waals surface area contributed by atoms with E-state index in [4.69, 9.17) is 9.47 Å². The molecular formula is C15H27N3O2. The zero-order chi connectivity index (χ0) is 14.6. The third kappa shape index (κ3) is 6.70. The number of methoxy groups -OCH3 is 1. The number of hydrogen-bond acceptors (Lipinski definition) is 5. The van der Waals surface area contributed by atoms with Crippen LogP contribution in [-0.2, 0) is 11.3 Å². The lowest BCUT2D eigenvalue weighted by molar-refractivity contribution is 0.176. The first kappa shape index (κ1) is 16.7. The first-order valence-corrected chi connectivity index (χ1v) is 7.53. The fourth-order valence-electron chi connectivity index (χ4n) is 1.81. The summed E-state index contributed by atoms with van der Waals surface area (Å²) in [5.74, 6) is 2.08. The van der Waals surface area contributed by atoms with Gasteiger partial charge in [-0.05, 0) is 12.8 Å². The quantitative estimate of drug-likeness (QED) is 0.630. The molecule has 1 aromatic heterocycles. The first-order valence-electron chi connectivity index (χ1n) is 7.53. The van der Waals surface area contributed by atoms with E-state index >= 15 is 0 Å². The standard InChI is InChI=1S/C15H27N3O2/c1-4-6-7-8-9-16-13-11-15(20-10-5-2)18-14(17-13)12-19-3/h11H,4-10,12H2,1-3H3,(H,16,17,18). The van der Waals surface area contributed by atoms with Crippen LogP contribution in [0.1, 0.15) is 51.8 Å². The van der Waals surface area contributed by atoms with Crippen molar-refractivity contribution >= 4 is 5.82 Å². The Hall–Kier alpha value is -1.36. The number of rotatable bonds is 11. The van der Waals surface area contributed by atoms with Crippen LogP contribution in [0.25, 0.3) is 0 Å². The van der Waals surface area contributed by atoms with Gasteiger partial charge >= 0.3 is 0 Å². The zero-order valence-electron chi connectivity index (χ0n) is 12.9. The molecule has 1 aromatic rings. The van der Waals surface area contributed by atoms with Gasteiger partial charge in [0, 0.05) is 19.7 Å². The van der Waals surface area contributed by atoms with Crippen LogP contribution < -0.4 is 10.1 Å². The molecule has 0 unspecified atom stereocenters. The number of aromatic nitrogens is 2. The summed E-state index contributed by atoms with van der Waals surface area (Å²) in [6.07, 6.45) is 5.90. The summed E-state index contributed by atoms with van der Waals surface area (Å²) in [7, 11) is 1.64. The second-order valence-electron chi connectivity index (χ2n) is 4.78. The van der Waals surface area contributed by atoms with Crippen molar-refractivity contribution in [1.82, 2.24) is 9.97 Å². The minimum absolute atomic E-state index is 0.397. The van der Waals surface area contributed by atoms with Gasteiger partial charge in [-0.3, -0.25) is 0 Å². The number of hydrogen-bond donors (Lipinski definition) is 1. The zero-order valence-corrected chi connectivity index (χ0v) is 12.9. The van der Waals surface area contributed by atoms with Gasteiger partial charge < -0.3 is 14.8 Å². The van der Waals surface area contributed by atoms with Crippen molar-refractivity contribution in [2.75, 3.05) is 25.6 Å². The van der Waals surface area contributed by atoms with Gasteiger partial charge in [0.25, 0.3) is 0 Å². The number of anilines is 1. The summed E-state index contributed by atoms with van der Waals surface area (Å²) in [4.78, 5) is 8.74. The highest BCUT2D eigenvalue weighted by atomic mass is 16.5. The van der Waals surface area contributed by atoms with E-state index in [0.717, 1.165) is 25.2 Å². The molecule has 0 spiro atoms. The molecule has 0 aliphatic heterocycles. The Bertz CT molecular complexity index is 372. The third-order valence-electron chi connectivity index (χ3n) is 2.81. The minimum Gasteiger partial charge on any atom is -0.478 e. The van der Waals surface area contributed by atoms with E-state index in [0.29, 0.717) is 24.9 Å². The number of nitrogens with zero attached hydrogens (tertiary/aromatic N) is 2. The molecule has 5 heteroatoms. The maximum absolute atomic E-state index is 5.58. The van der Waals surface area contributed by atoms with Crippen molar-refractivity contribution in [3.8, 4) is 5.88 Å². The van der Waals surface area contributed by atoms with E-state index in [1.165, 1.54) is 19.3 Å². The molecule has 20 heavy (non-hydrogen) atoms. The summed E-state index contributed by atoms with van der Waals surface area (Å²) in [5, 5.41) is 3.33. The maximum atomic E-state index is 5.58. The smallest absolute Gasteiger partial charge is 0.218 e. The summed E-state index contributed by atoms with van der Waals surface area (Å²) in [6.45, 7) is 6.28. The van der Waals surface area contributed by atoms with Gasteiger partial charge in [0.05, 0.1) is 6.61 Å². The molecule has 0 aliphatic carbocycles. The molecule has 0 aromatic carbocycles. The molecule has 5 nitrogen and oxygen atoms in total. The molecule has 0 fully saturated rings. The van der Waals surface area contributed by atoms with Crippen LogP contribution in [0.2, 0.25) is 0 Å². The molecule has 1 heterocycles. The van der Waals surface area contributed by atoms with Crippen LogP contribution in [0.3, 0.4) is 0 Å². The van der Waals surface area contributed by atoms with Gasteiger partial charge in [0.15, 0.2) is 5.82 Å². The Morgan fingerprint density at radius 1 is 1.10 bits per heavy atom. The topological polar surface area (TPSA) is 56.3 Å². The molecule has 0 saturated carbocycles. The Balaban J connectivity index is 2.55. The number of ether oxygens (including phenoxy) is 2. The predicted octanol–water partition coefficient (Wildman–Crippen LogP) is 3.40. The highest BCUT2D eigenvalue weighted by molar-refractivity contribution is 5.38. The van der Waals surface area contributed by atoms with Crippen molar-refractivity contribution < 1.29 is 9.47 Å². The molecule has 0 radical (unpaired) electrons. The van der Waals surface area contributed by atoms with E-state index in [1.54, 1.807) is 7.11 Å². The highest BCUT2D eigenvalue weighted by Gasteiger charge is 2.05. The molecule has 114 valence electrons. The van der Waals surface area contributed by atoms with E-state index in [9.17, 15) is 0 Å². The summed E-state index contributed by atoms with van der Waals surface area (Å²) in [5.41, 5.74) is 0. The Morgan fingerprint density at radius 2 is 1.95 bits per heavy atom. The van der Waals surface area contributed by atoms with Crippen molar-refractivity contribution in [3.05, 3.63) is 11.9 Å². The third-order valence-corrected chi connectivity index (χ3v) is 2.81. The average molecular weight is 281 g/mol. The minimum atomic E-state index is 0.397. The molecule has 1 rings (SSSR count). The van der Waals surface area contributed by atoms with Crippen LogP contribution >= 0.6 is 0 Å². The summed E-state index contributed by atoms with van der Waals surface area (Å²) >= 11 is 0. The van der Waals surface area contributed by atoms with Crippen LogP contribution in [-0.4, -0.2) is 30.2 Å². The Morgan fingerprint density at radius 3 is 2.65 bits per heavy atom. The largest absolute Gasteiger partial charge is 0.478 e. The van der Waals surface area contributed by atoms with Gasteiger partial charge in [-0.1, -0.05) is 33.1 Å². The van der Waals surface area contributed by atoms with Gasteiger partial charge in [0.2, 0.25) is 5.88 Å². The van der Waals surface area contributed by atoms with Crippen molar-refractivity contribution in [2.24, 2.45) is 0 Å². The normalized spacial score (nSPS) is 10.6. The average Bonchev–Trinajstić information content (AvgIpc) is 2.45. The van der Waals surface area contributed by atoms with E-state index < -0.39 is 0 Å². The van der Waals surface area contributed by atoms with Crippen molar-refractivity contribution in [3.63, 3.8) is 0 Å². The van der Waals surface area contributed by atoms with Gasteiger partial charge in [-0.2, -0.15) is 4.98 Å². The van der Waals surface area contributed by atoms with E-state index in [1.807, 2.05) is 6.07 Å². The molecule has 0 atom stereocenters. The summed E-state index contributed by atoms with van der Waals surface area (Å²) in [6, 6.07) is 1.86. The second-order valence-corrected chi connectivity index (χ2v) is 4.78. The van der Waals surface area contributed by atoms with Crippen molar-refractivity contribution in [1.29, 1.82) is 0 Å². The van der Waals surface area contributed by atoms with Gasteiger partial charge in [0.1, 0.15) is 12.4 Å². The lowest BCUT2D eigenvalue weighted by atomic mass is 10.2. The van der Waals surface area contributed by atoms with E-state index in [2.05, 4.69) is 29.1 Å². The molecular weight excluding hydrogens is 254 g/mol. The van der Waals surface area contributed by atoms with E-state index in [-0.39, 0.29) is 0 Å². The predicted molar refractivity (Wildman–Crippen MR) is 81.2 cm³/mol. The fourth-order valence-corrected chi connectivity index (χ4v) is 1.81. The number of unbranched alkanes of at least 4 members (excludes halogenated alkanes) is 3. The lowest BCUT2D eigenvalue weighted by Crippen LogP contribution is -2.08. The molecule has 1 N–H and O–H groups in total. The molecule has 0 saturated heterocycles. The monoisotopic (exact) mass is 281 g/mol. The second kappa shape index (κ2) is 10.4. The highest BCUT2D eigenvalue weighted by Crippen LogP contribution is 2.14. The molecule has 0 aliphatic rings. The van der Waals surface area contributed by atoms with Crippen LogP contribution in [0, 0.1) is 0 Å². The summed E-state index contributed by atoms with van der Waals surface area (Å²) < 4.78 is 10.7. The van der Waals surface area contributed by atoms with Crippen LogP contribution in [0.5, 0.6) is 5.88 Å². The SMILES string of the molecule is CCCCCCNc1cc(OCCC)nc(COC)n1. The van der Waals surface area contributed by atoms with Gasteiger partial charge in [-0.25, -0.2) is 4.98 Å². The first-order chi connectivity index (χ1) is 9.80. The molecule has 0 bridgehead atoms. The fraction of sp³-hybridized carbons (Fsp3) is 0.733. The number of nitrogens with one attached hydrogen (secondary N) is 1. The maximum Gasteiger partial charge on any atom is 0.218 e. The van der Waals surface area contributed by atoms with Crippen LogP contribution in [0.4, 0.5) is 5.82 Å². The molecule has 0 amide bonds. The Kier molecular flexibility index (Phi) is 8.71. The Labute approximate surface area is 122 Å². The van der Waals surface area contributed by atoms with Crippen LogP contribution in [0.15, 0.2) is 6.07 Å². The van der Waals surface area contributed by atoms with Gasteiger partial charge in [-0.15, -0.1) is 0 Å². The lowest BCUT2D eigenvalue weighted by Gasteiger charge is -2.10. The van der Waals surface area contributed by atoms with Crippen molar-refractivity contribution in [2.45, 2.75) is 52.6 Å².